The zero-order valence-corrected chi connectivity index (χ0v) is 16.5. The van der Waals surface area contributed by atoms with Crippen molar-refractivity contribution < 1.29 is 8.42 Å². The van der Waals surface area contributed by atoms with E-state index in [9.17, 15) is 8.42 Å². The largest absolute Gasteiger partial charge is 0.300 e. The third kappa shape index (κ3) is 4.31. The lowest BCUT2D eigenvalue weighted by Gasteiger charge is -2.16. The summed E-state index contributed by atoms with van der Waals surface area (Å²) in [6.07, 6.45) is 2.37. The molecular formula is C18H24N4O2S2. The zero-order chi connectivity index (χ0) is 18.7. The van der Waals surface area contributed by atoms with Crippen molar-refractivity contribution in [1.29, 1.82) is 0 Å². The van der Waals surface area contributed by atoms with Gasteiger partial charge in [0.1, 0.15) is 5.82 Å². The molecule has 0 spiro atoms. The van der Waals surface area contributed by atoms with Gasteiger partial charge in [0.25, 0.3) is 0 Å². The number of allylic oxidation sites excluding steroid dienone is 1. The Morgan fingerprint density at radius 2 is 2.12 bits per heavy atom. The van der Waals surface area contributed by atoms with E-state index in [1.54, 1.807) is 10.8 Å². The van der Waals surface area contributed by atoms with Gasteiger partial charge in [-0.15, -0.1) is 6.58 Å². The van der Waals surface area contributed by atoms with E-state index >= 15 is 0 Å². The Balaban J connectivity index is 1.82. The Bertz CT molecular complexity index is 932. The Kier molecular flexibility index (Phi) is 5.74. The number of benzene rings is 1. The lowest BCUT2D eigenvalue weighted by Crippen LogP contribution is -2.22. The summed E-state index contributed by atoms with van der Waals surface area (Å²) in [4.78, 5) is 2.13. The molecule has 2 heterocycles. The van der Waals surface area contributed by atoms with Crippen LogP contribution < -0.4 is 0 Å². The van der Waals surface area contributed by atoms with Gasteiger partial charge in [-0.25, -0.2) is 13.1 Å². The van der Waals surface area contributed by atoms with Crippen LogP contribution in [0.15, 0.2) is 43.0 Å². The number of aromatic nitrogens is 3. The minimum Gasteiger partial charge on any atom is -0.300 e. The van der Waals surface area contributed by atoms with Crippen molar-refractivity contribution in [2.45, 2.75) is 32.1 Å². The lowest BCUT2D eigenvalue weighted by molar-refractivity contribution is 0.243. The van der Waals surface area contributed by atoms with Gasteiger partial charge in [-0.2, -0.15) is 5.10 Å². The molecule has 1 aromatic heterocycles. The number of nitrogens with zero attached hydrogens (tertiary/aromatic N) is 4. The van der Waals surface area contributed by atoms with Crippen LogP contribution in [0.4, 0.5) is 0 Å². The maximum absolute atomic E-state index is 11.9. The summed E-state index contributed by atoms with van der Waals surface area (Å²) < 4.78 is 28.0. The highest BCUT2D eigenvalue weighted by atomic mass is 32.2. The molecule has 1 aliphatic rings. The van der Waals surface area contributed by atoms with Crippen LogP contribution in [0.1, 0.15) is 23.7 Å². The molecular weight excluding hydrogens is 368 g/mol. The van der Waals surface area contributed by atoms with Crippen LogP contribution in [0.5, 0.6) is 0 Å². The van der Waals surface area contributed by atoms with Crippen LogP contribution in [-0.2, 0) is 29.6 Å². The maximum atomic E-state index is 11.9. The number of rotatable bonds is 7. The van der Waals surface area contributed by atoms with Gasteiger partial charge in [0.15, 0.2) is 14.6 Å². The standard InChI is InChI=1S/C18H24N4O2S2/c1-3-10-21-17(16-9-11-26(23,24)13-16)19-22(18(21)25)14-20(2)12-15-7-5-4-6-8-15/h3-8,16H,1,9-14H2,2H3/t16-/m1/s1. The second-order valence-electron chi connectivity index (χ2n) is 6.78. The van der Waals surface area contributed by atoms with E-state index in [0.717, 1.165) is 12.4 Å². The highest BCUT2D eigenvalue weighted by Crippen LogP contribution is 2.28. The molecule has 1 aliphatic heterocycles. The molecule has 1 saturated heterocycles. The zero-order valence-electron chi connectivity index (χ0n) is 14.9. The predicted molar refractivity (Wildman–Crippen MR) is 105 cm³/mol. The third-order valence-corrected chi connectivity index (χ3v) is 6.73. The van der Waals surface area contributed by atoms with E-state index < -0.39 is 9.84 Å². The fourth-order valence-corrected chi connectivity index (χ4v) is 5.33. The molecule has 1 fully saturated rings. The first-order chi connectivity index (χ1) is 12.4. The number of hydrogen-bond donors (Lipinski definition) is 0. The Morgan fingerprint density at radius 1 is 1.38 bits per heavy atom. The minimum atomic E-state index is -2.98. The highest BCUT2D eigenvalue weighted by molar-refractivity contribution is 7.91. The quantitative estimate of drug-likeness (QED) is 0.535. The van der Waals surface area contributed by atoms with Crippen molar-refractivity contribution in [3.8, 4) is 0 Å². The van der Waals surface area contributed by atoms with Crippen LogP contribution in [0.3, 0.4) is 0 Å². The highest BCUT2D eigenvalue weighted by Gasteiger charge is 2.33. The summed E-state index contributed by atoms with van der Waals surface area (Å²) in [7, 11) is -0.961. The molecule has 0 amide bonds. The van der Waals surface area contributed by atoms with Crippen molar-refractivity contribution in [3.63, 3.8) is 0 Å². The summed E-state index contributed by atoms with van der Waals surface area (Å²) in [5.41, 5.74) is 1.22. The van der Waals surface area contributed by atoms with Crippen molar-refractivity contribution in [2.75, 3.05) is 18.6 Å². The lowest BCUT2D eigenvalue weighted by atomic mass is 10.1. The van der Waals surface area contributed by atoms with Gasteiger partial charge in [0.2, 0.25) is 0 Å². The molecule has 1 atom stereocenters. The SMILES string of the molecule is C=CCn1c([C@@H]2CCS(=O)(=O)C2)nn(CN(C)Cc2ccccc2)c1=S. The van der Waals surface area contributed by atoms with Crippen LogP contribution in [-0.4, -0.2) is 46.2 Å². The second kappa shape index (κ2) is 7.85. The summed E-state index contributed by atoms with van der Waals surface area (Å²) in [6.45, 7) is 5.65. The fraction of sp³-hybridized carbons (Fsp3) is 0.444. The summed E-state index contributed by atoms with van der Waals surface area (Å²) in [6, 6.07) is 10.2. The van der Waals surface area contributed by atoms with Crippen LogP contribution in [0, 0.1) is 4.77 Å². The molecule has 0 bridgehead atoms. The van der Waals surface area contributed by atoms with Crippen LogP contribution >= 0.6 is 12.2 Å². The topological polar surface area (TPSA) is 60.1 Å². The average molecular weight is 393 g/mol. The van der Waals surface area contributed by atoms with Gasteiger partial charge in [-0.3, -0.25) is 9.47 Å². The molecule has 0 radical (unpaired) electrons. The van der Waals surface area contributed by atoms with Crippen molar-refractivity contribution in [3.05, 3.63) is 59.1 Å². The van der Waals surface area contributed by atoms with E-state index in [0.29, 0.717) is 24.4 Å². The van der Waals surface area contributed by atoms with Crippen molar-refractivity contribution in [1.82, 2.24) is 19.2 Å². The molecule has 0 unspecified atom stereocenters. The van der Waals surface area contributed by atoms with Gasteiger partial charge < -0.3 is 0 Å². The van der Waals surface area contributed by atoms with Gasteiger partial charge in [-0.1, -0.05) is 36.4 Å². The third-order valence-electron chi connectivity index (χ3n) is 4.53. The van der Waals surface area contributed by atoms with E-state index in [1.165, 1.54) is 5.56 Å². The Labute approximate surface area is 159 Å². The minimum absolute atomic E-state index is 0.0951. The molecule has 26 heavy (non-hydrogen) atoms. The summed E-state index contributed by atoms with van der Waals surface area (Å²) in [5.74, 6) is 1.03. The average Bonchev–Trinajstić information content (AvgIpc) is 3.10. The predicted octanol–water partition coefficient (Wildman–Crippen LogP) is 2.59. The molecule has 8 heteroatoms. The maximum Gasteiger partial charge on any atom is 0.199 e. The first-order valence-electron chi connectivity index (χ1n) is 8.61. The van der Waals surface area contributed by atoms with E-state index in [2.05, 4.69) is 28.7 Å². The van der Waals surface area contributed by atoms with E-state index in [1.807, 2.05) is 29.8 Å². The van der Waals surface area contributed by atoms with Crippen molar-refractivity contribution in [2.24, 2.45) is 0 Å². The van der Waals surface area contributed by atoms with Gasteiger partial charge in [0.05, 0.1) is 18.2 Å². The van der Waals surface area contributed by atoms with Gasteiger partial charge in [-0.05, 0) is 31.2 Å². The molecule has 0 aliphatic carbocycles. The molecule has 0 N–H and O–H groups in total. The van der Waals surface area contributed by atoms with Crippen molar-refractivity contribution >= 4 is 22.1 Å². The van der Waals surface area contributed by atoms with Gasteiger partial charge >= 0.3 is 0 Å². The smallest absolute Gasteiger partial charge is 0.199 e. The summed E-state index contributed by atoms with van der Waals surface area (Å²) >= 11 is 5.59. The number of sulfone groups is 1. The van der Waals surface area contributed by atoms with E-state index in [4.69, 9.17) is 12.2 Å². The normalized spacial score (nSPS) is 19.1. The molecule has 2 aromatic rings. The first kappa shape index (κ1) is 19.0. The fourth-order valence-electron chi connectivity index (χ4n) is 3.33. The Hall–Kier alpha value is -1.77. The number of hydrogen-bond acceptors (Lipinski definition) is 5. The monoisotopic (exact) mass is 392 g/mol. The molecule has 6 nitrogen and oxygen atoms in total. The molecule has 0 saturated carbocycles. The van der Waals surface area contributed by atoms with Gasteiger partial charge in [0, 0.05) is 19.0 Å². The molecule has 140 valence electrons. The Morgan fingerprint density at radius 3 is 2.73 bits per heavy atom. The van der Waals surface area contributed by atoms with Crippen LogP contribution in [0.25, 0.3) is 0 Å². The molecule has 1 aromatic carbocycles. The van der Waals surface area contributed by atoms with E-state index in [-0.39, 0.29) is 17.4 Å². The molecule has 3 rings (SSSR count). The second-order valence-corrected chi connectivity index (χ2v) is 9.37. The van der Waals surface area contributed by atoms with Crippen LogP contribution in [0.2, 0.25) is 0 Å². The first-order valence-corrected chi connectivity index (χ1v) is 10.8. The summed E-state index contributed by atoms with van der Waals surface area (Å²) in [5, 5.41) is 4.68.